The number of nitrogens with one attached hydrogen (secondary N) is 2. The van der Waals surface area contributed by atoms with Gasteiger partial charge in [-0.15, -0.1) is 0 Å². The van der Waals surface area contributed by atoms with Gasteiger partial charge in [-0.25, -0.2) is 0 Å². The van der Waals surface area contributed by atoms with Gasteiger partial charge in [0.25, 0.3) is 0 Å². The van der Waals surface area contributed by atoms with Crippen molar-refractivity contribution in [3.8, 4) is 0 Å². The van der Waals surface area contributed by atoms with Gasteiger partial charge in [0.1, 0.15) is 0 Å². The highest BCUT2D eigenvalue weighted by molar-refractivity contribution is 5.81. The van der Waals surface area contributed by atoms with Crippen LogP contribution < -0.4 is 10.6 Å². The van der Waals surface area contributed by atoms with Crippen molar-refractivity contribution < 1.29 is 4.79 Å². The molecule has 0 saturated carbocycles. The predicted molar refractivity (Wildman–Crippen MR) is 74.0 cm³/mol. The van der Waals surface area contributed by atoms with Crippen LogP contribution in [0.4, 0.5) is 0 Å². The summed E-state index contributed by atoms with van der Waals surface area (Å²) in [5, 5.41) is 6.40. The quantitative estimate of drug-likeness (QED) is 0.687. The fourth-order valence-corrected chi connectivity index (χ4v) is 1.68. The first-order valence-electron chi connectivity index (χ1n) is 6.90. The Morgan fingerprint density at radius 3 is 2.12 bits per heavy atom. The van der Waals surface area contributed by atoms with Gasteiger partial charge in [0.05, 0.1) is 6.04 Å². The largest absolute Gasteiger partial charge is 0.355 e. The van der Waals surface area contributed by atoms with E-state index in [9.17, 15) is 4.79 Å². The maximum Gasteiger partial charge on any atom is 0.236 e. The van der Waals surface area contributed by atoms with E-state index < -0.39 is 0 Å². The summed E-state index contributed by atoms with van der Waals surface area (Å²) in [6.07, 6.45) is 3.11. The predicted octanol–water partition coefficient (Wildman–Crippen LogP) is 2.71. The summed E-state index contributed by atoms with van der Waals surface area (Å²) in [4.78, 5) is 11.9. The summed E-state index contributed by atoms with van der Waals surface area (Å²) in [6, 6.07) is -0.118. The van der Waals surface area contributed by atoms with Crippen molar-refractivity contribution in [3.05, 3.63) is 0 Å². The van der Waals surface area contributed by atoms with Crippen LogP contribution in [-0.4, -0.2) is 24.0 Å². The highest BCUT2D eigenvalue weighted by Crippen LogP contribution is 2.14. The minimum atomic E-state index is -0.118. The minimum absolute atomic E-state index is 0.0643. The molecule has 0 fully saturated rings. The Labute approximate surface area is 107 Å². The molecule has 17 heavy (non-hydrogen) atoms. The minimum Gasteiger partial charge on any atom is -0.355 e. The Kier molecular flexibility index (Phi) is 7.44. The lowest BCUT2D eigenvalue weighted by Crippen LogP contribution is -2.52. The number of hydrogen-bond donors (Lipinski definition) is 2. The molecular formula is C14H30N2O. The van der Waals surface area contributed by atoms with Crippen molar-refractivity contribution in [3.63, 3.8) is 0 Å². The molecule has 0 aliphatic rings. The molecule has 0 aliphatic carbocycles. The molecule has 2 N–H and O–H groups in total. The van der Waals surface area contributed by atoms with Gasteiger partial charge >= 0.3 is 0 Å². The van der Waals surface area contributed by atoms with E-state index in [4.69, 9.17) is 0 Å². The molecule has 0 radical (unpaired) electrons. The van der Waals surface area contributed by atoms with E-state index in [1.165, 1.54) is 0 Å². The van der Waals surface area contributed by atoms with E-state index in [2.05, 4.69) is 45.3 Å². The van der Waals surface area contributed by atoms with E-state index in [1.807, 2.05) is 6.92 Å². The fourth-order valence-electron chi connectivity index (χ4n) is 1.68. The average Bonchev–Trinajstić information content (AvgIpc) is 2.28. The lowest BCUT2D eigenvalue weighted by Gasteiger charge is -2.31. The molecule has 0 bridgehead atoms. The van der Waals surface area contributed by atoms with Gasteiger partial charge < -0.3 is 10.6 Å². The van der Waals surface area contributed by atoms with E-state index in [-0.39, 0.29) is 17.5 Å². The second-order valence-electron chi connectivity index (χ2n) is 5.61. The third-order valence-electron chi connectivity index (χ3n) is 3.54. The molecule has 0 aromatic rings. The van der Waals surface area contributed by atoms with E-state index >= 15 is 0 Å². The van der Waals surface area contributed by atoms with Gasteiger partial charge in [0.15, 0.2) is 0 Å². The van der Waals surface area contributed by atoms with Gasteiger partial charge in [0.2, 0.25) is 5.91 Å². The molecule has 0 heterocycles. The van der Waals surface area contributed by atoms with Crippen LogP contribution in [0.5, 0.6) is 0 Å². The molecule has 102 valence electrons. The van der Waals surface area contributed by atoms with Gasteiger partial charge in [0, 0.05) is 12.1 Å². The third kappa shape index (κ3) is 6.67. The van der Waals surface area contributed by atoms with Crippen molar-refractivity contribution in [2.75, 3.05) is 6.54 Å². The molecule has 1 amide bonds. The van der Waals surface area contributed by atoms with Gasteiger partial charge in [-0.1, -0.05) is 27.7 Å². The third-order valence-corrected chi connectivity index (χ3v) is 3.54. The van der Waals surface area contributed by atoms with Crippen LogP contribution in [0.2, 0.25) is 0 Å². The number of carbonyl (C=O) groups is 1. The van der Waals surface area contributed by atoms with E-state index in [1.54, 1.807) is 0 Å². The zero-order valence-electron chi connectivity index (χ0n) is 12.4. The molecule has 0 aromatic heterocycles. The Morgan fingerprint density at radius 2 is 1.71 bits per heavy atom. The number of amides is 1. The SMILES string of the molecule is CCC(C)(CC)NC(C)C(=O)NCCC(C)C. The molecule has 0 aromatic carbocycles. The van der Waals surface area contributed by atoms with Crippen LogP contribution in [0, 0.1) is 5.92 Å². The van der Waals surface area contributed by atoms with Crippen molar-refractivity contribution in [1.82, 2.24) is 10.6 Å². The summed E-state index contributed by atoms with van der Waals surface area (Å²) >= 11 is 0. The van der Waals surface area contributed by atoms with Gasteiger partial charge in [-0.3, -0.25) is 4.79 Å². The van der Waals surface area contributed by atoms with Crippen LogP contribution in [0.25, 0.3) is 0 Å². The maximum atomic E-state index is 11.9. The highest BCUT2D eigenvalue weighted by Gasteiger charge is 2.24. The fraction of sp³-hybridized carbons (Fsp3) is 0.929. The molecule has 0 saturated heterocycles. The summed E-state index contributed by atoms with van der Waals surface area (Å²) in [5.74, 6) is 0.744. The van der Waals surface area contributed by atoms with Crippen molar-refractivity contribution in [2.24, 2.45) is 5.92 Å². The van der Waals surface area contributed by atoms with Crippen LogP contribution in [0.3, 0.4) is 0 Å². The smallest absolute Gasteiger partial charge is 0.236 e. The van der Waals surface area contributed by atoms with Crippen LogP contribution in [0.15, 0.2) is 0 Å². The Bertz CT molecular complexity index is 222. The molecule has 0 aliphatic heterocycles. The molecule has 1 unspecified atom stereocenters. The normalized spacial score (nSPS) is 13.8. The van der Waals surface area contributed by atoms with E-state index in [0.717, 1.165) is 25.8 Å². The molecule has 0 rings (SSSR count). The lowest BCUT2D eigenvalue weighted by atomic mass is 9.94. The second-order valence-corrected chi connectivity index (χ2v) is 5.61. The second kappa shape index (κ2) is 7.70. The monoisotopic (exact) mass is 242 g/mol. The summed E-state index contributed by atoms with van der Waals surface area (Å²) in [7, 11) is 0. The summed E-state index contributed by atoms with van der Waals surface area (Å²) in [6.45, 7) is 13.5. The van der Waals surface area contributed by atoms with Crippen molar-refractivity contribution >= 4 is 5.91 Å². The van der Waals surface area contributed by atoms with Crippen LogP contribution >= 0.6 is 0 Å². The Balaban J connectivity index is 4.04. The molecule has 0 spiro atoms. The first-order valence-corrected chi connectivity index (χ1v) is 6.90. The summed E-state index contributed by atoms with van der Waals surface area (Å²) < 4.78 is 0. The zero-order chi connectivity index (χ0) is 13.5. The Morgan fingerprint density at radius 1 is 1.18 bits per heavy atom. The first-order chi connectivity index (χ1) is 7.84. The summed E-state index contributed by atoms with van der Waals surface area (Å²) in [5.41, 5.74) is 0.0643. The molecule has 1 atom stereocenters. The van der Waals surface area contributed by atoms with Crippen molar-refractivity contribution in [2.45, 2.75) is 72.4 Å². The molecular weight excluding hydrogens is 212 g/mol. The average molecular weight is 242 g/mol. The lowest BCUT2D eigenvalue weighted by molar-refractivity contribution is -0.123. The number of carbonyl (C=O) groups excluding carboxylic acids is 1. The molecule has 3 nitrogen and oxygen atoms in total. The standard InChI is InChI=1S/C14H30N2O/c1-7-14(6,8-2)16-12(5)13(17)15-10-9-11(3)4/h11-12,16H,7-10H2,1-6H3,(H,15,17). The maximum absolute atomic E-state index is 11.9. The number of rotatable bonds is 8. The highest BCUT2D eigenvalue weighted by atomic mass is 16.2. The van der Waals surface area contributed by atoms with Crippen LogP contribution in [-0.2, 0) is 4.79 Å². The zero-order valence-corrected chi connectivity index (χ0v) is 12.4. The first kappa shape index (κ1) is 16.4. The van der Waals surface area contributed by atoms with Crippen molar-refractivity contribution in [1.29, 1.82) is 0 Å². The van der Waals surface area contributed by atoms with E-state index in [0.29, 0.717) is 5.92 Å². The number of hydrogen-bond acceptors (Lipinski definition) is 2. The van der Waals surface area contributed by atoms with Crippen LogP contribution in [0.1, 0.15) is 60.8 Å². The topological polar surface area (TPSA) is 41.1 Å². The van der Waals surface area contributed by atoms with Gasteiger partial charge in [-0.2, -0.15) is 0 Å². The Hall–Kier alpha value is -0.570. The van der Waals surface area contributed by atoms with Gasteiger partial charge in [-0.05, 0) is 39.0 Å². The molecule has 3 heteroatoms.